The summed E-state index contributed by atoms with van der Waals surface area (Å²) in [7, 11) is 0. The van der Waals surface area contributed by atoms with E-state index in [9.17, 15) is 14.9 Å². The van der Waals surface area contributed by atoms with E-state index >= 15 is 0 Å². The van der Waals surface area contributed by atoms with Crippen LogP contribution in [0.25, 0.3) is 21.1 Å². The summed E-state index contributed by atoms with van der Waals surface area (Å²) >= 11 is 1.59. The van der Waals surface area contributed by atoms with Gasteiger partial charge in [0.05, 0.1) is 33.1 Å². The Morgan fingerprint density at radius 3 is 2.40 bits per heavy atom. The fraction of sp³-hybridized carbons (Fsp3) is 0.314. The summed E-state index contributed by atoms with van der Waals surface area (Å²) in [5, 5.41) is 11.6. The smallest absolute Gasteiger partial charge is 0.272 e. The Balaban J connectivity index is 1.16. The van der Waals surface area contributed by atoms with E-state index < -0.39 is 5.41 Å². The van der Waals surface area contributed by atoms with Crippen LogP contribution in [0.1, 0.15) is 63.7 Å². The van der Waals surface area contributed by atoms with Crippen LogP contribution in [0.15, 0.2) is 72.9 Å². The maximum absolute atomic E-state index is 13.9. The number of hydrogen-bond donors (Lipinski definition) is 0. The molecule has 9 nitrogen and oxygen atoms in total. The van der Waals surface area contributed by atoms with E-state index in [1.165, 1.54) is 0 Å². The average Bonchev–Trinajstić information content (AvgIpc) is 3.53. The van der Waals surface area contributed by atoms with Gasteiger partial charge in [-0.05, 0) is 80.6 Å². The monoisotopic (exact) mass is 616 g/mol. The number of hydrogen-bond acceptors (Lipinski definition) is 8. The molecule has 2 saturated heterocycles. The van der Waals surface area contributed by atoms with Crippen molar-refractivity contribution in [3.8, 4) is 11.8 Å². The summed E-state index contributed by atoms with van der Waals surface area (Å²) in [6.45, 7) is 2.49. The van der Waals surface area contributed by atoms with E-state index in [-0.39, 0.29) is 17.5 Å². The Bertz CT molecular complexity index is 1890. The van der Waals surface area contributed by atoms with Gasteiger partial charge in [-0.15, -0.1) is 11.3 Å². The van der Waals surface area contributed by atoms with Crippen LogP contribution in [0.2, 0.25) is 0 Å². The van der Waals surface area contributed by atoms with Crippen molar-refractivity contribution in [2.45, 2.75) is 44.1 Å². The van der Waals surface area contributed by atoms with E-state index in [1.54, 1.807) is 28.5 Å². The van der Waals surface area contributed by atoms with Crippen LogP contribution in [0.3, 0.4) is 0 Å². The predicted octanol–water partition coefficient (Wildman–Crippen LogP) is 6.14. The molecule has 5 aromatic rings. The highest BCUT2D eigenvalue weighted by Gasteiger charge is 2.39. The van der Waals surface area contributed by atoms with E-state index in [4.69, 9.17) is 9.72 Å². The number of nitrogens with zero attached hydrogens (tertiary/aromatic N) is 6. The highest BCUT2D eigenvalue weighted by Crippen LogP contribution is 2.35. The lowest BCUT2D eigenvalue weighted by Gasteiger charge is -2.36. The van der Waals surface area contributed by atoms with E-state index in [1.807, 2.05) is 65.6 Å². The molecule has 5 heterocycles. The topological polar surface area (TPSA) is 112 Å². The van der Waals surface area contributed by atoms with Crippen molar-refractivity contribution in [2.75, 3.05) is 26.2 Å². The number of benzene rings is 2. The van der Waals surface area contributed by atoms with E-state index in [2.05, 4.69) is 16.0 Å². The predicted molar refractivity (Wildman–Crippen MR) is 172 cm³/mol. The summed E-state index contributed by atoms with van der Waals surface area (Å²) in [6, 6.07) is 23.2. The molecule has 0 N–H and O–H groups in total. The third kappa shape index (κ3) is 5.71. The van der Waals surface area contributed by atoms with Gasteiger partial charge < -0.3 is 14.5 Å². The first kappa shape index (κ1) is 28.9. The first-order valence-corrected chi connectivity index (χ1v) is 16.2. The van der Waals surface area contributed by atoms with Crippen LogP contribution in [0.4, 0.5) is 0 Å². The molecule has 2 aliphatic rings. The Kier molecular flexibility index (Phi) is 7.86. The van der Waals surface area contributed by atoms with Gasteiger partial charge in [0.15, 0.2) is 0 Å². The minimum absolute atomic E-state index is 0.100. The molecule has 7 rings (SSSR count). The molecular formula is C35H32N6O3S. The number of ether oxygens (including phenoxy) is 1. The normalized spacial score (nSPS) is 16.4. The molecule has 0 spiro atoms. The van der Waals surface area contributed by atoms with Crippen molar-refractivity contribution >= 4 is 44.3 Å². The average molecular weight is 617 g/mol. The molecule has 2 fully saturated rings. The number of carbonyl (C=O) groups is 2. The van der Waals surface area contributed by atoms with Gasteiger partial charge >= 0.3 is 0 Å². The second kappa shape index (κ2) is 12.3. The minimum Gasteiger partial charge on any atom is -0.486 e. The van der Waals surface area contributed by atoms with Gasteiger partial charge in [0.25, 0.3) is 11.8 Å². The molecule has 3 aromatic heterocycles. The SMILES string of the molecule is N#CC1(c2ccccn2)CCN(C(=O)c2cc(C(=O)N3CCCCC3)c3cc(OCc4nc5ccccc5s4)ccc3n2)CC1. The summed E-state index contributed by atoms with van der Waals surface area (Å²) in [4.78, 5) is 45.2. The maximum Gasteiger partial charge on any atom is 0.272 e. The Morgan fingerprint density at radius 1 is 0.867 bits per heavy atom. The van der Waals surface area contributed by atoms with Gasteiger partial charge in [-0.1, -0.05) is 18.2 Å². The van der Waals surface area contributed by atoms with Gasteiger partial charge in [0, 0.05) is 37.8 Å². The lowest BCUT2D eigenvalue weighted by atomic mass is 9.76. The molecule has 45 heavy (non-hydrogen) atoms. The van der Waals surface area contributed by atoms with Crippen LogP contribution >= 0.6 is 11.3 Å². The molecule has 2 amide bonds. The van der Waals surface area contributed by atoms with Gasteiger partial charge in [0.1, 0.15) is 28.5 Å². The third-order valence-electron chi connectivity index (χ3n) is 8.85. The van der Waals surface area contributed by atoms with Crippen molar-refractivity contribution in [3.63, 3.8) is 0 Å². The highest BCUT2D eigenvalue weighted by molar-refractivity contribution is 7.18. The zero-order valence-electron chi connectivity index (χ0n) is 24.8. The molecule has 226 valence electrons. The number of carbonyl (C=O) groups excluding carboxylic acids is 2. The largest absolute Gasteiger partial charge is 0.486 e. The number of fused-ring (bicyclic) bond motifs is 2. The number of likely N-dealkylation sites (tertiary alicyclic amines) is 2. The number of nitriles is 1. The van der Waals surface area contributed by atoms with Crippen LogP contribution in [0.5, 0.6) is 5.75 Å². The van der Waals surface area contributed by atoms with Gasteiger partial charge in [-0.2, -0.15) is 5.26 Å². The van der Waals surface area contributed by atoms with Crippen LogP contribution in [0, 0.1) is 11.3 Å². The highest BCUT2D eigenvalue weighted by atomic mass is 32.1. The molecular weight excluding hydrogens is 584 g/mol. The summed E-state index contributed by atoms with van der Waals surface area (Å²) < 4.78 is 7.24. The first-order chi connectivity index (χ1) is 22.0. The maximum atomic E-state index is 13.9. The molecule has 2 aromatic carbocycles. The van der Waals surface area contributed by atoms with Crippen LogP contribution in [-0.4, -0.2) is 62.7 Å². The zero-order chi connectivity index (χ0) is 30.8. The third-order valence-corrected chi connectivity index (χ3v) is 9.86. The summed E-state index contributed by atoms with van der Waals surface area (Å²) in [5.74, 6) is 0.263. The number of aromatic nitrogens is 3. The molecule has 0 bridgehead atoms. The number of rotatable bonds is 6. The number of para-hydroxylation sites is 1. The number of piperidine rings is 2. The van der Waals surface area contributed by atoms with Crippen molar-refractivity contribution in [2.24, 2.45) is 0 Å². The Labute approximate surface area is 265 Å². The number of pyridine rings is 2. The quantitative estimate of drug-likeness (QED) is 0.225. The molecule has 0 saturated carbocycles. The Morgan fingerprint density at radius 2 is 1.64 bits per heavy atom. The van der Waals surface area contributed by atoms with Gasteiger partial charge in [-0.25, -0.2) is 9.97 Å². The minimum atomic E-state index is -0.730. The number of thiazole rings is 1. The van der Waals surface area contributed by atoms with Crippen molar-refractivity contribution in [1.82, 2.24) is 24.8 Å². The zero-order valence-corrected chi connectivity index (χ0v) is 25.6. The molecule has 0 atom stereocenters. The second-order valence-electron chi connectivity index (χ2n) is 11.7. The van der Waals surface area contributed by atoms with Gasteiger partial charge in [-0.3, -0.25) is 14.6 Å². The van der Waals surface area contributed by atoms with Crippen LogP contribution < -0.4 is 4.74 Å². The molecule has 0 aliphatic carbocycles. The van der Waals surface area contributed by atoms with Crippen molar-refractivity contribution in [1.29, 1.82) is 5.26 Å². The van der Waals surface area contributed by atoms with Crippen LogP contribution in [-0.2, 0) is 12.0 Å². The second-order valence-corrected chi connectivity index (χ2v) is 12.8. The number of amides is 2. The fourth-order valence-electron chi connectivity index (χ4n) is 6.30. The molecule has 10 heteroatoms. The molecule has 0 radical (unpaired) electrons. The van der Waals surface area contributed by atoms with E-state index in [0.717, 1.165) is 40.2 Å². The fourth-order valence-corrected chi connectivity index (χ4v) is 7.18. The lowest BCUT2D eigenvalue weighted by molar-refractivity contribution is 0.0684. The van der Waals surface area contributed by atoms with E-state index in [0.29, 0.717) is 67.8 Å². The standard InChI is InChI=1S/C35H32N6O3S/c36-23-35(31-10-4-5-15-37-31)13-18-41(19-14-35)34(43)29-21-26(33(42)40-16-6-1-7-17-40)25-20-24(11-12-27(25)38-29)44-22-32-39-28-8-2-3-9-30(28)45-32/h2-5,8-12,15,20-21H,1,6-7,13-14,16-19,22H2. The Hall–Kier alpha value is -4.88. The first-order valence-electron chi connectivity index (χ1n) is 15.4. The van der Waals surface area contributed by atoms with Crippen molar-refractivity contribution < 1.29 is 14.3 Å². The molecule has 2 aliphatic heterocycles. The molecule has 0 unspecified atom stereocenters. The van der Waals surface area contributed by atoms with Crippen molar-refractivity contribution in [3.05, 3.63) is 94.9 Å². The summed E-state index contributed by atoms with van der Waals surface area (Å²) in [5.41, 5.74) is 2.19. The van der Waals surface area contributed by atoms with Gasteiger partial charge in [0.2, 0.25) is 0 Å². The summed E-state index contributed by atoms with van der Waals surface area (Å²) in [6.07, 6.45) is 5.68. The lowest BCUT2D eigenvalue weighted by Crippen LogP contribution is -2.45.